The Balaban J connectivity index is 1.49. The molecule has 0 aromatic rings. The Hall–Kier alpha value is -0.120. The molecule has 0 aromatic heterocycles. The van der Waals surface area contributed by atoms with Gasteiger partial charge in [0.05, 0.1) is 13.2 Å². The molecule has 2 rings (SSSR count). The van der Waals surface area contributed by atoms with Crippen LogP contribution in [0.2, 0.25) is 0 Å². The first-order chi connectivity index (χ1) is 6.79. The van der Waals surface area contributed by atoms with Gasteiger partial charge in [-0.05, 0) is 39.3 Å². The third-order valence-corrected chi connectivity index (χ3v) is 3.31. The van der Waals surface area contributed by atoms with Crippen molar-refractivity contribution in [1.29, 1.82) is 0 Å². The van der Waals surface area contributed by atoms with Crippen molar-refractivity contribution in [3.05, 3.63) is 0 Å². The summed E-state index contributed by atoms with van der Waals surface area (Å²) in [5.41, 5.74) is 0.505. The summed E-state index contributed by atoms with van der Waals surface area (Å²) in [5.74, 6) is 0. The van der Waals surface area contributed by atoms with Gasteiger partial charge in [0.25, 0.3) is 0 Å². The maximum atomic E-state index is 5.31. The van der Waals surface area contributed by atoms with Crippen molar-refractivity contribution in [2.45, 2.75) is 31.7 Å². The Morgan fingerprint density at radius 3 is 2.64 bits per heavy atom. The monoisotopic (exact) mass is 198 g/mol. The normalized spacial score (nSPS) is 26.4. The van der Waals surface area contributed by atoms with Crippen LogP contribution in [0.15, 0.2) is 0 Å². The van der Waals surface area contributed by atoms with E-state index in [1.54, 1.807) is 0 Å². The summed E-state index contributed by atoms with van der Waals surface area (Å²) < 4.78 is 5.31. The fourth-order valence-corrected chi connectivity index (χ4v) is 1.88. The number of rotatable bonds is 5. The molecule has 1 heterocycles. The summed E-state index contributed by atoms with van der Waals surface area (Å²) in [4.78, 5) is 2.50. The molecule has 1 N–H and O–H groups in total. The topological polar surface area (TPSA) is 24.5 Å². The lowest BCUT2D eigenvalue weighted by atomic mass is 10.3. The second kappa shape index (κ2) is 4.60. The van der Waals surface area contributed by atoms with E-state index in [2.05, 4.69) is 17.1 Å². The molecule has 3 heteroatoms. The minimum Gasteiger partial charge on any atom is -0.379 e. The lowest BCUT2D eigenvalue weighted by Gasteiger charge is -2.26. The van der Waals surface area contributed by atoms with E-state index in [0.717, 1.165) is 26.3 Å². The first kappa shape index (κ1) is 10.4. The Kier molecular flexibility index (Phi) is 3.42. The fourth-order valence-electron chi connectivity index (χ4n) is 1.88. The van der Waals surface area contributed by atoms with Gasteiger partial charge in [0.2, 0.25) is 0 Å². The highest BCUT2D eigenvalue weighted by atomic mass is 16.5. The first-order valence-corrected chi connectivity index (χ1v) is 5.84. The van der Waals surface area contributed by atoms with Gasteiger partial charge in [-0.3, -0.25) is 4.90 Å². The van der Waals surface area contributed by atoms with Gasteiger partial charge in [-0.1, -0.05) is 0 Å². The summed E-state index contributed by atoms with van der Waals surface area (Å²) in [6, 6.07) is 0. The molecule has 0 unspecified atom stereocenters. The number of hydrogen-bond acceptors (Lipinski definition) is 3. The molecule has 3 nitrogen and oxygen atoms in total. The second-order valence-corrected chi connectivity index (χ2v) is 4.80. The maximum Gasteiger partial charge on any atom is 0.0594 e. The molecule has 1 saturated heterocycles. The van der Waals surface area contributed by atoms with E-state index in [9.17, 15) is 0 Å². The predicted octanol–water partition coefficient (Wildman–Crippen LogP) is 0.851. The van der Waals surface area contributed by atoms with Crippen LogP contribution >= 0.6 is 0 Å². The van der Waals surface area contributed by atoms with Crippen LogP contribution < -0.4 is 5.32 Å². The molecule has 1 aliphatic carbocycles. The van der Waals surface area contributed by atoms with Gasteiger partial charge in [0, 0.05) is 18.6 Å². The highest BCUT2D eigenvalue weighted by molar-refractivity contribution is 4.97. The molecule has 1 aliphatic heterocycles. The van der Waals surface area contributed by atoms with Gasteiger partial charge < -0.3 is 10.1 Å². The molecule has 0 aromatic carbocycles. The van der Waals surface area contributed by atoms with Crippen molar-refractivity contribution in [2.24, 2.45) is 0 Å². The summed E-state index contributed by atoms with van der Waals surface area (Å²) >= 11 is 0. The van der Waals surface area contributed by atoms with Crippen LogP contribution in [0.4, 0.5) is 0 Å². The molecule has 82 valence electrons. The van der Waals surface area contributed by atoms with Crippen LogP contribution in [0.3, 0.4) is 0 Å². The molecular weight excluding hydrogens is 176 g/mol. The molecule has 0 radical (unpaired) electrons. The minimum atomic E-state index is 0.505. The molecule has 14 heavy (non-hydrogen) atoms. The van der Waals surface area contributed by atoms with E-state index in [1.807, 2.05) is 0 Å². The largest absolute Gasteiger partial charge is 0.379 e. The number of nitrogens with one attached hydrogen (secondary N) is 1. The van der Waals surface area contributed by atoms with Crippen LogP contribution in [0.1, 0.15) is 26.2 Å². The van der Waals surface area contributed by atoms with Crippen LogP contribution in [0.5, 0.6) is 0 Å². The number of ether oxygens (including phenoxy) is 1. The Bertz CT molecular complexity index is 174. The third-order valence-electron chi connectivity index (χ3n) is 3.31. The van der Waals surface area contributed by atoms with Gasteiger partial charge in [-0.2, -0.15) is 0 Å². The molecule has 0 amide bonds. The number of morpholine rings is 1. The standard InChI is InChI=1S/C11H22N2O/c1-11(3-4-11)12-5-2-6-13-7-9-14-10-8-13/h12H,2-10H2,1H3. The van der Waals surface area contributed by atoms with Crippen LogP contribution in [-0.2, 0) is 4.74 Å². The first-order valence-electron chi connectivity index (χ1n) is 5.84. The van der Waals surface area contributed by atoms with Crippen LogP contribution in [0, 0.1) is 0 Å². The fraction of sp³-hybridized carbons (Fsp3) is 1.00. The van der Waals surface area contributed by atoms with Gasteiger partial charge in [0.15, 0.2) is 0 Å². The third kappa shape index (κ3) is 3.23. The quantitative estimate of drug-likeness (QED) is 0.663. The van der Waals surface area contributed by atoms with E-state index >= 15 is 0 Å². The molecule has 2 fully saturated rings. The average molecular weight is 198 g/mol. The number of nitrogens with zero attached hydrogens (tertiary/aromatic N) is 1. The van der Waals surface area contributed by atoms with Gasteiger partial charge in [-0.15, -0.1) is 0 Å². The van der Waals surface area contributed by atoms with Crippen molar-refractivity contribution in [3.8, 4) is 0 Å². The summed E-state index contributed by atoms with van der Waals surface area (Å²) in [5, 5.41) is 3.61. The molecule has 0 spiro atoms. The van der Waals surface area contributed by atoms with E-state index in [-0.39, 0.29) is 0 Å². The Labute approximate surface area is 86.8 Å². The van der Waals surface area contributed by atoms with Gasteiger partial charge >= 0.3 is 0 Å². The molecule has 1 saturated carbocycles. The van der Waals surface area contributed by atoms with Crippen molar-refractivity contribution < 1.29 is 4.74 Å². The lowest BCUT2D eigenvalue weighted by Crippen LogP contribution is -2.38. The minimum absolute atomic E-state index is 0.505. The summed E-state index contributed by atoms with van der Waals surface area (Å²) in [6.45, 7) is 8.81. The maximum absolute atomic E-state index is 5.31. The smallest absolute Gasteiger partial charge is 0.0594 e. The zero-order valence-electron chi connectivity index (χ0n) is 9.22. The highest BCUT2D eigenvalue weighted by Gasteiger charge is 2.35. The average Bonchev–Trinajstić information content (AvgIpc) is 2.94. The lowest BCUT2D eigenvalue weighted by molar-refractivity contribution is 0.0373. The SMILES string of the molecule is CC1(NCCCN2CCOCC2)CC1. The van der Waals surface area contributed by atoms with Crippen molar-refractivity contribution in [3.63, 3.8) is 0 Å². The van der Waals surface area contributed by atoms with E-state index in [4.69, 9.17) is 4.74 Å². The molecule has 0 atom stereocenters. The van der Waals surface area contributed by atoms with E-state index < -0.39 is 0 Å². The zero-order chi connectivity index (χ0) is 9.86. The van der Waals surface area contributed by atoms with E-state index in [0.29, 0.717) is 5.54 Å². The van der Waals surface area contributed by atoms with Crippen molar-refractivity contribution >= 4 is 0 Å². The second-order valence-electron chi connectivity index (χ2n) is 4.80. The summed E-state index contributed by atoms with van der Waals surface area (Å²) in [6.07, 6.45) is 4.00. The molecule has 2 aliphatic rings. The van der Waals surface area contributed by atoms with Gasteiger partial charge in [0.1, 0.15) is 0 Å². The molecular formula is C11H22N2O. The van der Waals surface area contributed by atoms with Crippen LogP contribution in [-0.4, -0.2) is 49.8 Å². The van der Waals surface area contributed by atoms with Crippen molar-refractivity contribution in [1.82, 2.24) is 10.2 Å². The zero-order valence-corrected chi connectivity index (χ0v) is 9.22. The van der Waals surface area contributed by atoms with Gasteiger partial charge in [-0.25, -0.2) is 0 Å². The van der Waals surface area contributed by atoms with Crippen molar-refractivity contribution in [2.75, 3.05) is 39.4 Å². The van der Waals surface area contributed by atoms with E-state index in [1.165, 1.54) is 32.4 Å². The molecule has 0 bridgehead atoms. The highest BCUT2D eigenvalue weighted by Crippen LogP contribution is 2.33. The number of hydrogen-bond donors (Lipinski definition) is 1. The summed E-state index contributed by atoms with van der Waals surface area (Å²) in [7, 11) is 0. The predicted molar refractivity (Wildman–Crippen MR) is 57.5 cm³/mol. The Morgan fingerprint density at radius 2 is 2.00 bits per heavy atom. The van der Waals surface area contributed by atoms with Crippen LogP contribution in [0.25, 0.3) is 0 Å². The Morgan fingerprint density at radius 1 is 1.29 bits per heavy atom.